The Labute approximate surface area is 339 Å². The lowest BCUT2D eigenvalue weighted by molar-refractivity contribution is -0.870. The van der Waals surface area contributed by atoms with Crippen molar-refractivity contribution in [2.75, 3.05) is 47.5 Å². The Morgan fingerprint density at radius 2 is 0.927 bits per heavy atom. The zero-order chi connectivity index (χ0) is 40.7. The fourth-order valence-corrected chi connectivity index (χ4v) is 7.14. The Balaban J connectivity index is 4.27. The van der Waals surface area contributed by atoms with Gasteiger partial charge in [0.1, 0.15) is 19.8 Å². The molecule has 9 nitrogen and oxygen atoms in total. The van der Waals surface area contributed by atoms with Crippen LogP contribution in [0.3, 0.4) is 0 Å². The molecule has 0 aliphatic heterocycles. The number of hydrogen-bond acceptors (Lipinski definition) is 8. The van der Waals surface area contributed by atoms with E-state index in [0.29, 0.717) is 17.4 Å². The molecule has 0 radical (unpaired) electrons. The van der Waals surface area contributed by atoms with E-state index < -0.39 is 26.5 Å². The maximum absolute atomic E-state index is 12.7. The van der Waals surface area contributed by atoms with Gasteiger partial charge in [-0.15, -0.1) is 0 Å². The summed E-state index contributed by atoms with van der Waals surface area (Å²) in [6.07, 6.45) is 39.5. The van der Waals surface area contributed by atoms with Crippen molar-refractivity contribution >= 4 is 19.8 Å². The minimum absolute atomic E-state index is 0.0289. The molecule has 0 fully saturated rings. The van der Waals surface area contributed by atoms with Gasteiger partial charge in [0.05, 0.1) is 27.7 Å². The molecule has 0 amide bonds. The first-order valence-corrected chi connectivity index (χ1v) is 24.4. The van der Waals surface area contributed by atoms with Crippen LogP contribution < -0.4 is 4.89 Å². The minimum atomic E-state index is -4.62. The van der Waals surface area contributed by atoms with Crippen LogP contribution in [0.4, 0.5) is 0 Å². The maximum Gasteiger partial charge on any atom is 0.306 e. The summed E-state index contributed by atoms with van der Waals surface area (Å²) in [6, 6.07) is 0. The number of hydrogen-bond donors (Lipinski definition) is 0. The highest BCUT2D eigenvalue weighted by molar-refractivity contribution is 7.45. The third-order valence-corrected chi connectivity index (χ3v) is 11.0. The first-order chi connectivity index (χ1) is 26.5. The van der Waals surface area contributed by atoms with Crippen LogP contribution in [0.25, 0.3) is 0 Å². The number of phosphoric acid groups is 1. The normalized spacial score (nSPS) is 13.6. The first-order valence-electron chi connectivity index (χ1n) is 22.9. The van der Waals surface area contributed by atoms with Crippen LogP contribution in [0.5, 0.6) is 0 Å². The summed E-state index contributed by atoms with van der Waals surface area (Å²) < 4.78 is 33.9. The Bertz CT molecular complexity index is 954. The molecule has 0 aromatic rings. The Morgan fingerprint density at radius 3 is 1.38 bits per heavy atom. The Morgan fingerprint density at radius 1 is 0.545 bits per heavy atom. The smallest absolute Gasteiger partial charge is 0.306 e. The number of nitrogens with zero attached hydrogens (tertiary/aromatic N) is 1. The third kappa shape index (κ3) is 42.2. The van der Waals surface area contributed by atoms with Crippen LogP contribution in [0.2, 0.25) is 0 Å². The van der Waals surface area contributed by atoms with Gasteiger partial charge in [-0.2, -0.15) is 0 Å². The molecule has 0 aliphatic rings. The topological polar surface area (TPSA) is 111 Å². The van der Waals surface area contributed by atoms with Crippen molar-refractivity contribution in [2.24, 2.45) is 0 Å². The predicted molar refractivity (Wildman–Crippen MR) is 227 cm³/mol. The molecule has 2 atom stereocenters. The highest BCUT2D eigenvalue weighted by atomic mass is 31.2. The van der Waals surface area contributed by atoms with E-state index in [1.165, 1.54) is 128 Å². The average Bonchev–Trinajstić information content (AvgIpc) is 3.13. The van der Waals surface area contributed by atoms with Crippen molar-refractivity contribution in [2.45, 2.75) is 219 Å². The SMILES string of the molecule is CCCCC/C=C\CCCCCCCC(=O)OC[C@H](COP(=O)([O-])OCC[N+](C)(C)C)OC(=O)CCCCCCCCCCCCCCCCCCCCC. The van der Waals surface area contributed by atoms with Crippen molar-refractivity contribution in [3.63, 3.8) is 0 Å². The van der Waals surface area contributed by atoms with Crippen LogP contribution >= 0.6 is 7.82 Å². The summed E-state index contributed by atoms with van der Waals surface area (Å²) in [7, 11) is 1.17. The number of quaternary nitrogens is 1. The summed E-state index contributed by atoms with van der Waals surface area (Å²) in [5.41, 5.74) is 0. The highest BCUT2D eigenvalue weighted by Gasteiger charge is 2.21. The van der Waals surface area contributed by atoms with Crippen LogP contribution in [0.1, 0.15) is 213 Å². The zero-order valence-electron chi connectivity index (χ0n) is 36.6. The van der Waals surface area contributed by atoms with Crippen LogP contribution in [-0.4, -0.2) is 70.0 Å². The minimum Gasteiger partial charge on any atom is -0.756 e. The average molecular weight is 802 g/mol. The van der Waals surface area contributed by atoms with E-state index in [4.69, 9.17) is 18.5 Å². The number of carbonyl (C=O) groups excluding carboxylic acids is 2. The number of esters is 2. The second-order valence-corrected chi connectivity index (χ2v) is 18.2. The van der Waals surface area contributed by atoms with Crippen molar-refractivity contribution in [3.8, 4) is 0 Å². The van der Waals surface area contributed by atoms with Gasteiger partial charge in [-0.3, -0.25) is 14.2 Å². The summed E-state index contributed by atoms with van der Waals surface area (Å²) in [4.78, 5) is 37.5. The molecular weight excluding hydrogens is 713 g/mol. The molecule has 0 spiro atoms. The number of carbonyl (C=O) groups is 2. The van der Waals surface area contributed by atoms with Gasteiger partial charge in [0.15, 0.2) is 6.10 Å². The van der Waals surface area contributed by atoms with Crippen LogP contribution in [-0.2, 0) is 32.7 Å². The van der Waals surface area contributed by atoms with Crippen LogP contribution in [0, 0.1) is 0 Å². The number of ether oxygens (including phenoxy) is 2. The standard InChI is InChI=1S/C45H88NO8P/c1-6-8-10-12-14-16-18-20-21-22-23-24-25-26-28-30-32-34-36-38-45(48)54-43(42-53-55(49,50)52-40-39-46(3,4)5)41-51-44(47)37-35-33-31-29-27-19-17-15-13-11-9-7-2/h15,17,43H,6-14,16,18-42H2,1-5H3/b17-15-/t43-/m1/s1. The summed E-state index contributed by atoms with van der Waals surface area (Å²) >= 11 is 0. The lowest BCUT2D eigenvalue weighted by Gasteiger charge is -2.28. The van der Waals surface area contributed by atoms with E-state index in [-0.39, 0.29) is 32.0 Å². The largest absolute Gasteiger partial charge is 0.756 e. The number of likely N-dealkylation sites (N-methyl/N-ethyl adjacent to an activating group) is 1. The van der Waals surface area contributed by atoms with Crippen LogP contribution in [0.15, 0.2) is 12.2 Å². The van der Waals surface area contributed by atoms with Gasteiger partial charge in [0.2, 0.25) is 0 Å². The number of rotatable bonds is 42. The van der Waals surface area contributed by atoms with Gasteiger partial charge in [-0.25, -0.2) is 0 Å². The summed E-state index contributed by atoms with van der Waals surface area (Å²) in [5.74, 6) is -0.835. The monoisotopic (exact) mass is 802 g/mol. The molecule has 0 bridgehead atoms. The van der Waals surface area contributed by atoms with E-state index in [2.05, 4.69) is 26.0 Å². The van der Waals surface area contributed by atoms with E-state index >= 15 is 0 Å². The molecule has 0 N–H and O–H groups in total. The van der Waals surface area contributed by atoms with E-state index in [9.17, 15) is 19.0 Å². The Hall–Kier alpha value is -1.25. The summed E-state index contributed by atoms with van der Waals surface area (Å²) in [5, 5.41) is 0. The molecule has 0 aromatic heterocycles. The molecule has 0 aromatic carbocycles. The van der Waals surface area contributed by atoms with Crippen molar-refractivity contribution in [1.82, 2.24) is 0 Å². The summed E-state index contributed by atoms with van der Waals surface area (Å²) in [6.45, 7) is 4.22. The molecule has 10 heteroatoms. The number of phosphoric ester groups is 1. The third-order valence-electron chi connectivity index (χ3n) is 10.0. The molecule has 0 aliphatic carbocycles. The first kappa shape index (κ1) is 53.8. The lowest BCUT2D eigenvalue weighted by Crippen LogP contribution is -2.37. The fourth-order valence-electron chi connectivity index (χ4n) is 6.41. The molecule has 1 unspecified atom stereocenters. The van der Waals surface area contributed by atoms with Gasteiger partial charge < -0.3 is 27.9 Å². The fraction of sp³-hybridized carbons (Fsp3) is 0.911. The predicted octanol–water partition coefficient (Wildman–Crippen LogP) is 12.3. The van der Waals surface area contributed by atoms with Gasteiger partial charge in [-0.1, -0.05) is 174 Å². The quantitative estimate of drug-likeness (QED) is 0.0197. The van der Waals surface area contributed by atoms with E-state index in [1.54, 1.807) is 0 Å². The maximum atomic E-state index is 12.7. The molecule has 55 heavy (non-hydrogen) atoms. The molecule has 326 valence electrons. The number of allylic oxidation sites excluding steroid dienone is 2. The van der Waals surface area contributed by atoms with E-state index in [1.807, 2.05) is 21.1 Å². The molecule has 0 heterocycles. The molecule has 0 rings (SSSR count). The van der Waals surface area contributed by atoms with Crippen molar-refractivity contribution in [1.29, 1.82) is 0 Å². The lowest BCUT2D eigenvalue weighted by atomic mass is 10.0. The molecular formula is C45H88NO8P. The van der Waals surface area contributed by atoms with Crippen molar-refractivity contribution < 1.29 is 42.1 Å². The van der Waals surface area contributed by atoms with Gasteiger partial charge >= 0.3 is 11.9 Å². The van der Waals surface area contributed by atoms with Gasteiger partial charge in [0, 0.05) is 12.8 Å². The second-order valence-electron chi connectivity index (χ2n) is 16.8. The number of unbranched alkanes of at least 4 members (excludes halogenated alkanes) is 26. The molecule has 0 saturated heterocycles. The van der Waals surface area contributed by atoms with Gasteiger partial charge in [-0.05, 0) is 38.5 Å². The highest BCUT2D eigenvalue weighted by Crippen LogP contribution is 2.38. The second kappa shape index (κ2) is 38.3. The van der Waals surface area contributed by atoms with E-state index in [0.717, 1.165) is 51.4 Å². The zero-order valence-corrected chi connectivity index (χ0v) is 37.5. The molecule has 0 saturated carbocycles. The van der Waals surface area contributed by atoms with Gasteiger partial charge in [0.25, 0.3) is 7.82 Å². The van der Waals surface area contributed by atoms with Crippen molar-refractivity contribution in [3.05, 3.63) is 12.2 Å². The Kier molecular flexibility index (Phi) is 37.4.